The van der Waals surface area contributed by atoms with Gasteiger partial charge in [0.25, 0.3) is 5.91 Å². The van der Waals surface area contributed by atoms with E-state index in [1.807, 2.05) is 13.8 Å². The molecule has 1 aliphatic rings. The van der Waals surface area contributed by atoms with Crippen LogP contribution in [0.15, 0.2) is 12.3 Å². The van der Waals surface area contributed by atoms with Crippen LogP contribution in [-0.2, 0) is 0 Å². The number of aromatic nitrogens is 2. The zero-order valence-electron chi connectivity index (χ0n) is 13.8. The van der Waals surface area contributed by atoms with Gasteiger partial charge in [0.1, 0.15) is 11.5 Å². The Bertz CT molecular complexity index is 510. The van der Waals surface area contributed by atoms with E-state index in [2.05, 4.69) is 15.3 Å². The second-order valence-electron chi connectivity index (χ2n) is 6.63. The van der Waals surface area contributed by atoms with Crippen molar-refractivity contribution in [3.05, 3.63) is 23.8 Å². The number of nitrogens with one attached hydrogen (secondary N) is 1. The summed E-state index contributed by atoms with van der Waals surface area (Å²) < 4.78 is 0. The Hall–Kier alpha value is -1.49. The predicted octanol–water partition coefficient (Wildman–Crippen LogP) is 2.66. The fourth-order valence-electron chi connectivity index (χ4n) is 2.84. The first kappa shape index (κ1) is 16.9. The molecule has 0 bridgehead atoms. The third-order valence-electron chi connectivity index (χ3n) is 4.91. The molecule has 5 heteroatoms. The van der Waals surface area contributed by atoms with E-state index >= 15 is 0 Å². The number of nitrogens with zero attached hydrogens (tertiary/aromatic N) is 2. The first-order valence-electron chi connectivity index (χ1n) is 8.27. The lowest BCUT2D eigenvalue weighted by molar-refractivity contribution is 0.00587. The van der Waals surface area contributed by atoms with Crippen molar-refractivity contribution in [2.24, 2.45) is 5.92 Å². The molecular formula is C17H27N3O2. The standard InChI is InChI=1S/C17H27N3O2/c1-4-12(2)17(3,22)11-19-16(21)14-9-10-18-15(20-14)13-7-5-6-8-13/h9-10,12-13,22H,4-8,11H2,1-3H3,(H,19,21). The number of hydrogen-bond donors (Lipinski definition) is 2. The summed E-state index contributed by atoms with van der Waals surface area (Å²) >= 11 is 0. The minimum atomic E-state index is -0.911. The van der Waals surface area contributed by atoms with Gasteiger partial charge in [0, 0.05) is 18.7 Å². The molecule has 0 aromatic carbocycles. The molecule has 1 aromatic rings. The summed E-state index contributed by atoms with van der Waals surface area (Å²) in [5.74, 6) is 1.03. The lowest BCUT2D eigenvalue weighted by Crippen LogP contribution is -2.45. The van der Waals surface area contributed by atoms with Gasteiger partial charge in [0.15, 0.2) is 0 Å². The Morgan fingerprint density at radius 3 is 2.82 bits per heavy atom. The quantitative estimate of drug-likeness (QED) is 0.847. The molecule has 0 radical (unpaired) electrons. The van der Waals surface area contributed by atoms with Crippen LogP contribution in [-0.4, -0.2) is 33.1 Å². The molecule has 1 aliphatic carbocycles. The van der Waals surface area contributed by atoms with Crippen LogP contribution >= 0.6 is 0 Å². The predicted molar refractivity (Wildman–Crippen MR) is 85.7 cm³/mol. The van der Waals surface area contributed by atoms with Crippen molar-refractivity contribution in [2.45, 2.75) is 64.4 Å². The number of carbonyl (C=O) groups is 1. The van der Waals surface area contributed by atoms with Crippen molar-refractivity contribution < 1.29 is 9.90 Å². The maximum Gasteiger partial charge on any atom is 0.270 e. The molecule has 1 amide bonds. The van der Waals surface area contributed by atoms with Gasteiger partial charge in [-0.05, 0) is 31.7 Å². The minimum Gasteiger partial charge on any atom is -0.388 e. The molecule has 1 aromatic heterocycles. The van der Waals surface area contributed by atoms with Gasteiger partial charge in [-0.25, -0.2) is 9.97 Å². The number of carbonyl (C=O) groups excluding carboxylic acids is 1. The van der Waals surface area contributed by atoms with E-state index in [0.717, 1.165) is 25.1 Å². The van der Waals surface area contributed by atoms with E-state index in [1.54, 1.807) is 19.2 Å². The van der Waals surface area contributed by atoms with Crippen molar-refractivity contribution >= 4 is 5.91 Å². The monoisotopic (exact) mass is 305 g/mol. The highest BCUT2D eigenvalue weighted by molar-refractivity contribution is 5.92. The van der Waals surface area contributed by atoms with Crippen molar-refractivity contribution in [1.82, 2.24) is 15.3 Å². The third-order valence-corrected chi connectivity index (χ3v) is 4.91. The Kier molecular flexibility index (Phi) is 5.51. The number of amides is 1. The Labute approximate surface area is 132 Å². The van der Waals surface area contributed by atoms with Crippen LogP contribution in [0.25, 0.3) is 0 Å². The molecule has 2 N–H and O–H groups in total. The largest absolute Gasteiger partial charge is 0.388 e. The van der Waals surface area contributed by atoms with Crippen molar-refractivity contribution in [3.63, 3.8) is 0 Å². The van der Waals surface area contributed by atoms with Gasteiger partial charge < -0.3 is 10.4 Å². The van der Waals surface area contributed by atoms with Crippen LogP contribution in [0.2, 0.25) is 0 Å². The molecule has 2 rings (SSSR count). The summed E-state index contributed by atoms with van der Waals surface area (Å²) in [5, 5.41) is 13.2. The van der Waals surface area contributed by atoms with Crippen LogP contribution < -0.4 is 5.32 Å². The van der Waals surface area contributed by atoms with Crippen LogP contribution in [0.3, 0.4) is 0 Å². The van der Waals surface area contributed by atoms with Gasteiger partial charge in [0.2, 0.25) is 0 Å². The van der Waals surface area contributed by atoms with E-state index in [4.69, 9.17) is 0 Å². The number of aliphatic hydroxyl groups is 1. The maximum absolute atomic E-state index is 12.3. The van der Waals surface area contributed by atoms with E-state index in [0.29, 0.717) is 11.6 Å². The van der Waals surface area contributed by atoms with Gasteiger partial charge >= 0.3 is 0 Å². The molecule has 2 atom stereocenters. The van der Waals surface area contributed by atoms with E-state index in [9.17, 15) is 9.90 Å². The van der Waals surface area contributed by atoms with Crippen LogP contribution in [0.5, 0.6) is 0 Å². The highest BCUT2D eigenvalue weighted by Crippen LogP contribution is 2.31. The van der Waals surface area contributed by atoms with Crippen LogP contribution in [0.4, 0.5) is 0 Å². The molecule has 122 valence electrons. The van der Waals surface area contributed by atoms with E-state index in [1.165, 1.54) is 12.8 Å². The lowest BCUT2D eigenvalue weighted by atomic mass is 9.88. The Balaban J connectivity index is 1.99. The molecule has 0 aliphatic heterocycles. The summed E-state index contributed by atoms with van der Waals surface area (Å²) in [5.41, 5.74) is -0.525. The summed E-state index contributed by atoms with van der Waals surface area (Å²) in [6.45, 7) is 5.99. The lowest BCUT2D eigenvalue weighted by Gasteiger charge is -2.29. The van der Waals surface area contributed by atoms with E-state index < -0.39 is 5.60 Å². The van der Waals surface area contributed by atoms with Crippen molar-refractivity contribution in [3.8, 4) is 0 Å². The molecule has 1 fully saturated rings. The first-order valence-corrected chi connectivity index (χ1v) is 8.27. The normalized spacial score (nSPS) is 19.6. The molecule has 22 heavy (non-hydrogen) atoms. The minimum absolute atomic E-state index is 0.118. The fraction of sp³-hybridized carbons (Fsp3) is 0.706. The van der Waals surface area contributed by atoms with E-state index in [-0.39, 0.29) is 18.4 Å². The van der Waals surface area contributed by atoms with Gasteiger partial charge in [-0.1, -0.05) is 33.1 Å². The molecule has 2 unspecified atom stereocenters. The second kappa shape index (κ2) is 7.18. The number of hydrogen-bond acceptors (Lipinski definition) is 4. The fourth-order valence-corrected chi connectivity index (χ4v) is 2.84. The average molecular weight is 305 g/mol. The topological polar surface area (TPSA) is 75.1 Å². The third kappa shape index (κ3) is 4.03. The van der Waals surface area contributed by atoms with Gasteiger partial charge in [-0.3, -0.25) is 4.79 Å². The van der Waals surface area contributed by atoms with Gasteiger partial charge in [0.05, 0.1) is 5.60 Å². The van der Waals surface area contributed by atoms with Crippen LogP contribution in [0.1, 0.15) is 75.1 Å². The van der Waals surface area contributed by atoms with Crippen molar-refractivity contribution in [1.29, 1.82) is 0 Å². The molecule has 1 saturated carbocycles. The summed E-state index contributed by atoms with van der Waals surface area (Å²) in [6.07, 6.45) is 7.15. The molecule has 0 saturated heterocycles. The summed E-state index contributed by atoms with van der Waals surface area (Å²) in [7, 11) is 0. The Morgan fingerprint density at radius 1 is 1.50 bits per heavy atom. The highest BCUT2D eigenvalue weighted by Gasteiger charge is 2.28. The highest BCUT2D eigenvalue weighted by atomic mass is 16.3. The first-order chi connectivity index (χ1) is 10.4. The molecule has 0 spiro atoms. The van der Waals surface area contributed by atoms with Gasteiger partial charge in [-0.2, -0.15) is 0 Å². The molecular weight excluding hydrogens is 278 g/mol. The van der Waals surface area contributed by atoms with Crippen LogP contribution in [0, 0.1) is 5.92 Å². The SMILES string of the molecule is CCC(C)C(C)(O)CNC(=O)c1ccnc(C2CCCC2)n1. The molecule has 5 nitrogen and oxygen atoms in total. The second-order valence-corrected chi connectivity index (χ2v) is 6.63. The van der Waals surface area contributed by atoms with Gasteiger partial charge in [-0.15, -0.1) is 0 Å². The zero-order chi connectivity index (χ0) is 16.2. The van der Waals surface area contributed by atoms with Crippen molar-refractivity contribution in [2.75, 3.05) is 6.54 Å². The number of rotatable bonds is 6. The molecule has 1 heterocycles. The Morgan fingerprint density at radius 2 is 2.18 bits per heavy atom. The summed E-state index contributed by atoms with van der Waals surface area (Å²) in [4.78, 5) is 21.0. The smallest absolute Gasteiger partial charge is 0.270 e. The maximum atomic E-state index is 12.3. The zero-order valence-corrected chi connectivity index (χ0v) is 13.8. The average Bonchev–Trinajstić information content (AvgIpc) is 3.06. The summed E-state index contributed by atoms with van der Waals surface area (Å²) in [6, 6.07) is 1.63.